The molecule has 2 rings (SSSR count). The summed E-state index contributed by atoms with van der Waals surface area (Å²) in [7, 11) is 0. The first-order chi connectivity index (χ1) is 8.37. The molecular weight excluding hydrogens is 244 g/mol. The highest BCUT2D eigenvalue weighted by molar-refractivity contribution is 7.99. The number of nitrogens with two attached hydrogens (primary N) is 1. The molecule has 0 bridgehead atoms. The summed E-state index contributed by atoms with van der Waals surface area (Å²) in [5.74, 6) is 0.571. The number of hydrogen-bond donors (Lipinski definition) is 1. The molecule has 18 heavy (non-hydrogen) atoms. The molecule has 5 heteroatoms. The largest absolute Gasteiger partial charge is 0.383 e. The van der Waals surface area contributed by atoms with Crippen molar-refractivity contribution in [3.05, 3.63) is 17.6 Å². The van der Waals surface area contributed by atoms with Crippen molar-refractivity contribution in [1.82, 2.24) is 14.5 Å². The van der Waals surface area contributed by atoms with Crippen LogP contribution in [0.1, 0.15) is 25.1 Å². The minimum absolute atomic E-state index is 0.170. The van der Waals surface area contributed by atoms with Gasteiger partial charge in [0.05, 0.1) is 5.39 Å². The van der Waals surface area contributed by atoms with Gasteiger partial charge in [-0.05, 0) is 39.5 Å². The number of thioether (sulfide) groups is 1. The Hall–Kier alpha value is -1.23. The zero-order valence-corrected chi connectivity index (χ0v) is 12.4. The molecule has 0 spiro atoms. The predicted molar refractivity (Wildman–Crippen MR) is 79.0 cm³/mol. The second kappa shape index (κ2) is 4.46. The van der Waals surface area contributed by atoms with Gasteiger partial charge in [0.2, 0.25) is 0 Å². The molecule has 0 saturated heterocycles. The number of nitrogen functional groups attached to an aromatic ring is 1. The van der Waals surface area contributed by atoms with Crippen LogP contribution in [0.15, 0.2) is 6.33 Å². The Morgan fingerprint density at radius 2 is 2.00 bits per heavy atom. The van der Waals surface area contributed by atoms with Gasteiger partial charge < -0.3 is 10.3 Å². The Bertz CT molecular complexity index is 586. The zero-order chi connectivity index (χ0) is 13.5. The summed E-state index contributed by atoms with van der Waals surface area (Å²) in [5.41, 5.74) is 9.31. The van der Waals surface area contributed by atoms with E-state index in [9.17, 15) is 0 Å². The van der Waals surface area contributed by atoms with Crippen LogP contribution in [-0.2, 0) is 6.54 Å². The first-order valence-electron chi connectivity index (χ1n) is 5.98. The number of fused-ring (bicyclic) bond motifs is 1. The fourth-order valence-corrected chi connectivity index (χ4v) is 2.39. The van der Waals surface area contributed by atoms with Crippen molar-refractivity contribution in [3.8, 4) is 0 Å². The average molecular weight is 264 g/mol. The van der Waals surface area contributed by atoms with Crippen molar-refractivity contribution in [2.24, 2.45) is 0 Å². The Labute approximate surface area is 112 Å². The molecule has 0 fully saturated rings. The SMILES string of the molecule is CSC(C)(C)Cn1c(C)c(C)c2c(N)ncnc21. The molecule has 0 unspecified atom stereocenters. The van der Waals surface area contributed by atoms with Crippen molar-refractivity contribution in [1.29, 1.82) is 0 Å². The van der Waals surface area contributed by atoms with E-state index in [0.29, 0.717) is 5.82 Å². The van der Waals surface area contributed by atoms with E-state index in [2.05, 4.69) is 48.5 Å². The quantitative estimate of drug-likeness (QED) is 0.926. The number of hydrogen-bond acceptors (Lipinski definition) is 4. The lowest BCUT2D eigenvalue weighted by molar-refractivity contribution is 0.569. The number of aryl methyl sites for hydroxylation is 1. The number of nitrogens with zero attached hydrogens (tertiary/aromatic N) is 3. The predicted octanol–water partition coefficient (Wildman–Crippen LogP) is 2.77. The van der Waals surface area contributed by atoms with Crippen LogP contribution < -0.4 is 5.73 Å². The smallest absolute Gasteiger partial charge is 0.145 e. The van der Waals surface area contributed by atoms with Crippen LogP contribution in [0.2, 0.25) is 0 Å². The molecule has 0 atom stereocenters. The van der Waals surface area contributed by atoms with Crippen LogP contribution in [0, 0.1) is 13.8 Å². The highest BCUT2D eigenvalue weighted by atomic mass is 32.2. The minimum Gasteiger partial charge on any atom is -0.383 e. The van der Waals surface area contributed by atoms with Crippen LogP contribution in [0.25, 0.3) is 11.0 Å². The molecule has 2 N–H and O–H groups in total. The van der Waals surface area contributed by atoms with E-state index < -0.39 is 0 Å². The fraction of sp³-hybridized carbons (Fsp3) is 0.538. The van der Waals surface area contributed by atoms with Gasteiger partial charge in [-0.2, -0.15) is 11.8 Å². The lowest BCUT2D eigenvalue weighted by Crippen LogP contribution is -2.23. The molecule has 0 aliphatic carbocycles. The van der Waals surface area contributed by atoms with Crippen LogP contribution in [-0.4, -0.2) is 25.5 Å². The average Bonchev–Trinajstić information content (AvgIpc) is 2.55. The molecule has 2 aromatic rings. The van der Waals surface area contributed by atoms with Crippen LogP contribution in [0.3, 0.4) is 0 Å². The maximum Gasteiger partial charge on any atom is 0.145 e. The minimum atomic E-state index is 0.170. The summed E-state index contributed by atoms with van der Waals surface area (Å²) >= 11 is 1.86. The number of rotatable bonds is 3. The van der Waals surface area contributed by atoms with Gasteiger partial charge in [0.25, 0.3) is 0 Å². The van der Waals surface area contributed by atoms with Gasteiger partial charge >= 0.3 is 0 Å². The molecular formula is C13H20N4S. The third-order valence-corrected chi connectivity index (χ3v) is 4.76. The third kappa shape index (κ3) is 2.07. The molecule has 4 nitrogen and oxygen atoms in total. The summed E-state index contributed by atoms with van der Waals surface area (Å²) in [6.07, 6.45) is 3.68. The molecule has 0 amide bonds. The summed E-state index contributed by atoms with van der Waals surface area (Å²) in [5, 5.41) is 0.993. The van der Waals surface area contributed by atoms with Crippen LogP contribution in [0.5, 0.6) is 0 Å². The van der Waals surface area contributed by atoms with Gasteiger partial charge in [-0.3, -0.25) is 0 Å². The lowest BCUT2D eigenvalue weighted by atomic mass is 10.2. The molecule has 2 heterocycles. The van der Waals surface area contributed by atoms with Crippen molar-refractivity contribution in [2.75, 3.05) is 12.0 Å². The van der Waals surface area contributed by atoms with Gasteiger partial charge in [0.15, 0.2) is 0 Å². The first kappa shape index (κ1) is 13.2. The summed E-state index contributed by atoms with van der Waals surface area (Å²) < 4.78 is 2.42. The zero-order valence-electron chi connectivity index (χ0n) is 11.6. The van der Waals surface area contributed by atoms with E-state index in [4.69, 9.17) is 5.73 Å². The highest BCUT2D eigenvalue weighted by Crippen LogP contribution is 2.31. The van der Waals surface area contributed by atoms with E-state index in [-0.39, 0.29) is 4.75 Å². The lowest BCUT2D eigenvalue weighted by Gasteiger charge is -2.24. The maximum atomic E-state index is 5.97. The Morgan fingerprint density at radius 1 is 1.33 bits per heavy atom. The third-order valence-electron chi connectivity index (χ3n) is 3.53. The second-order valence-electron chi connectivity index (χ2n) is 5.22. The van der Waals surface area contributed by atoms with E-state index in [1.54, 1.807) is 6.33 Å². The molecule has 98 valence electrons. The standard InChI is InChI=1S/C13H20N4S/c1-8-9(2)17(6-13(3,4)18-5)12-10(8)11(14)15-7-16-12/h7H,6H2,1-5H3,(H2,14,15,16). The van der Waals surface area contributed by atoms with Gasteiger partial charge in [0, 0.05) is 17.0 Å². The van der Waals surface area contributed by atoms with Gasteiger partial charge in [-0.1, -0.05) is 0 Å². The number of aromatic nitrogens is 3. The van der Waals surface area contributed by atoms with E-state index in [1.165, 1.54) is 11.3 Å². The second-order valence-corrected chi connectivity index (χ2v) is 6.73. The molecule has 0 aliphatic rings. The van der Waals surface area contributed by atoms with Crippen LogP contribution >= 0.6 is 11.8 Å². The highest BCUT2D eigenvalue weighted by Gasteiger charge is 2.22. The summed E-state index contributed by atoms with van der Waals surface area (Å²) in [6, 6.07) is 0. The normalized spacial score (nSPS) is 12.3. The molecule has 0 aromatic carbocycles. The van der Waals surface area contributed by atoms with Gasteiger partial charge in [0.1, 0.15) is 17.8 Å². The Balaban J connectivity index is 2.65. The van der Waals surface area contributed by atoms with Crippen molar-refractivity contribution in [2.45, 2.75) is 39.0 Å². The summed E-state index contributed by atoms with van der Waals surface area (Å²) in [6.45, 7) is 9.60. The molecule has 0 radical (unpaired) electrons. The molecule has 0 aliphatic heterocycles. The van der Waals surface area contributed by atoms with E-state index in [1.807, 2.05) is 11.8 Å². The van der Waals surface area contributed by atoms with Crippen molar-refractivity contribution >= 4 is 28.6 Å². The fourth-order valence-electron chi connectivity index (χ4n) is 2.13. The van der Waals surface area contributed by atoms with Gasteiger partial charge in [-0.15, -0.1) is 0 Å². The Kier molecular flexibility index (Phi) is 3.27. The Morgan fingerprint density at radius 3 is 2.61 bits per heavy atom. The molecule has 2 aromatic heterocycles. The first-order valence-corrected chi connectivity index (χ1v) is 7.21. The molecule has 0 saturated carbocycles. The monoisotopic (exact) mass is 264 g/mol. The van der Waals surface area contributed by atoms with Crippen molar-refractivity contribution < 1.29 is 0 Å². The maximum absolute atomic E-state index is 5.97. The van der Waals surface area contributed by atoms with Crippen LogP contribution in [0.4, 0.5) is 5.82 Å². The number of anilines is 1. The summed E-state index contributed by atoms with van der Waals surface area (Å²) in [4.78, 5) is 8.49. The van der Waals surface area contributed by atoms with E-state index in [0.717, 1.165) is 17.6 Å². The van der Waals surface area contributed by atoms with Gasteiger partial charge in [-0.25, -0.2) is 9.97 Å². The van der Waals surface area contributed by atoms with E-state index >= 15 is 0 Å². The van der Waals surface area contributed by atoms with Crippen molar-refractivity contribution in [3.63, 3.8) is 0 Å². The topological polar surface area (TPSA) is 56.7 Å².